The topological polar surface area (TPSA) is 67.4 Å². The molecule has 0 aliphatic rings. The molecule has 0 fully saturated rings. The van der Waals surface area contributed by atoms with Gasteiger partial charge in [0.25, 0.3) is 0 Å². The third kappa shape index (κ3) is 5.72. The summed E-state index contributed by atoms with van der Waals surface area (Å²) < 4.78 is 4.78. The summed E-state index contributed by atoms with van der Waals surface area (Å²) in [5.74, 6) is -0.368. The quantitative estimate of drug-likeness (QED) is 0.632. The Hall–Kier alpha value is -2.30. The molecule has 1 aromatic rings. The number of benzene rings is 1. The molecule has 0 aromatic heterocycles. The van der Waals surface area contributed by atoms with E-state index in [0.29, 0.717) is 18.8 Å². The van der Waals surface area contributed by atoms with Gasteiger partial charge in [-0.2, -0.15) is 0 Å². The second-order valence-electron chi connectivity index (χ2n) is 3.69. The second kappa shape index (κ2) is 7.92. The number of rotatable bonds is 5. The van der Waals surface area contributed by atoms with E-state index in [0.717, 1.165) is 5.56 Å². The van der Waals surface area contributed by atoms with Gasteiger partial charge in [-0.25, -0.2) is 9.59 Å². The standard InChI is InChI=1S/C14H18N2O3/c1-3-15-14(18)16-12-8-5-11(6-9-12)7-10-13(17)19-4-2/h5-10H,3-4H2,1-2H3,(H2,15,16,18)/b10-7+. The van der Waals surface area contributed by atoms with E-state index in [2.05, 4.69) is 10.6 Å². The number of hydrogen-bond donors (Lipinski definition) is 2. The first kappa shape index (κ1) is 14.8. The normalized spacial score (nSPS) is 10.2. The summed E-state index contributed by atoms with van der Waals surface area (Å²) in [4.78, 5) is 22.4. The molecule has 0 spiro atoms. The molecule has 2 N–H and O–H groups in total. The summed E-state index contributed by atoms with van der Waals surface area (Å²) in [5, 5.41) is 5.33. The molecule has 0 radical (unpaired) electrons. The minimum atomic E-state index is -0.368. The van der Waals surface area contributed by atoms with E-state index in [1.165, 1.54) is 6.08 Å². The molecular formula is C14H18N2O3. The van der Waals surface area contributed by atoms with E-state index in [9.17, 15) is 9.59 Å². The molecule has 0 bridgehead atoms. The molecule has 0 saturated carbocycles. The number of ether oxygens (including phenoxy) is 1. The zero-order valence-corrected chi connectivity index (χ0v) is 11.1. The van der Waals surface area contributed by atoms with Crippen molar-refractivity contribution in [2.24, 2.45) is 0 Å². The largest absolute Gasteiger partial charge is 0.463 e. The predicted molar refractivity (Wildman–Crippen MR) is 74.8 cm³/mol. The van der Waals surface area contributed by atoms with E-state index in [1.807, 2.05) is 6.92 Å². The van der Waals surface area contributed by atoms with Gasteiger partial charge in [-0.15, -0.1) is 0 Å². The smallest absolute Gasteiger partial charge is 0.330 e. The first-order chi connectivity index (χ1) is 9.15. The minimum absolute atomic E-state index is 0.239. The van der Waals surface area contributed by atoms with Gasteiger partial charge in [0.1, 0.15) is 0 Å². The third-order valence-corrected chi connectivity index (χ3v) is 2.20. The van der Waals surface area contributed by atoms with Crippen molar-refractivity contribution in [2.45, 2.75) is 13.8 Å². The number of nitrogens with one attached hydrogen (secondary N) is 2. The lowest BCUT2D eigenvalue weighted by molar-refractivity contribution is -0.137. The van der Waals surface area contributed by atoms with Gasteiger partial charge in [0.05, 0.1) is 6.61 Å². The molecule has 102 valence electrons. The molecule has 0 aliphatic heterocycles. The van der Waals surface area contributed by atoms with Crippen molar-refractivity contribution in [3.05, 3.63) is 35.9 Å². The Labute approximate surface area is 112 Å². The summed E-state index contributed by atoms with van der Waals surface area (Å²) in [6, 6.07) is 6.90. The number of amides is 2. The highest BCUT2D eigenvalue weighted by atomic mass is 16.5. The maximum absolute atomic E-state index is 11.3. The Morgan fingerprint density at radius 2 is 1.89 bits per heavy atom. The van der Waals surface area contributed by atoms with E-state index in [-0.39, 0.29) is 12.0 Å². The average molecular weight is 262 g/mol. The van der Waals surface area contributed by atoms with E-state index < -0.39 is 0 Å². The van der Waals surface area contributed by atoms with Gasteiger partial charge < -0.3 is 15.4 Å². The van der Waals surface area contributed by atoms with Crippen molar-refractivity contribution < 1.29 is 14.3 Å². The molecule has 0 atom stereocenters. The third-order valence-electron chi connectivity index (χ3n) is 2.20. The molecule has 0 saturated heterocycles. The van der Waals surface area contributed by atoms with Gasteiger partial charge in [-0.05, 0) is 37.6 Å². The van der Waals surface area contributed by atoms with Crippen LogP contribution in [0.4, 0.5) is 10.5 Å². The van der Waals surface area contributed by atoms with Crippen molar-refractivity contribution in [3.63, 3.8) is 0 Å². The van der Waals surface area contributed by atoms with Crippen molar-refractivity contribution in [2.75, 3.05) is 18.5 Å². The highest BCUT2D eigenvalue weighted by Gasteiger charge is 1.99. The Bertz CT molecular complexity index is 452. The molecule has 19 heavy (non-hydrogen) atoms. The van der Waals surface area contributed by atoms with Crippen LogP contribution in [0.25, 0.3) is 6.08 Å². The van der Waals surface area contributed by atoms with Crippen LogP contribution in [0.15, 0.2) is 30.3 Å². The molecular weight excluding hydrogens is 244 g/mol. The second-order valence-corrected chi connectivity index (χ2v) is 3.69. The highest BCUT2D eigenvalue weighted by molar-refractivity contribution is 5.89. The SMILES string of the molecule is CCNC(=O)Nc1ccc(/C=C/C(=O)OCC)cc1. The van der Waals surface area contributed by atoms with Crippen LogP contribution < -0.4 is 10.6 Å². The number of carbonyl (C=O) groups excluding carboxylic acids is 2. The number of hydrogen-bond acceptors (Lipinski definition) is 3. The van der Waals surface area contributed by atoms with Gasteiger partial charge in [-0.3, -0.25) is 0 Å². The van der Waals surface area contributed by atoms with E-state index >= 15 is 0 Å². The molecule has 0 unspecified atom stereocenters. The number of esters is 1. The predicted octanol–water partition coefficient (Wildman–Crippen LogP) is 2.40. The van der Waals surface area contributed by atoms with E-state index in [4.69, 9.17) is 4.74 Å². The summed E-state index contributed by atoms with van der Waals surface area (Å²) in [6.45, 7) is 4.54. The average Bonchev–Trinajstić information content (AvgIpc) is 2.38. The molecule has 5 nitrogen and oxygen atoms in total. The molecule has 2 amide bonds. The molecule has 1 rings (SSSR count). The van der Waals surface area contributed by atoms with Crippen LogP contribution in [0.3, 0.4) is 0 Å². The summed E-state index contributed by atoms with van der Waals surface area (Å²) >= 11 is 0. The first-order valence-corrected chi connectivity index (χ1v) is 6.15. The fraction of sp³-hybridized carbons (Fsp3) is 0.286. The minimum Gasteiger partial charge on any atom is -0.463 e. The summed E-state index contributed by atoms with van der Waals surface area (Å²) in [7, 11) is 0. The zero-order chi connectivity index (χ0) is 14.1. The number of carbonyl (C=O) groups is 2. The summed E-state index contributed by atoms with van der Waals surface area (Å²) in [5.41, 5.74) is 1.55. The molecule has 0 aliphatic carbocycles. The Morgan fingerprint density at radius 1 is 1.21 bits per heavy atom. The lowest BCUT2D eigenvalue weighted by Crippen LogP contribution is -2.28. The monoisotopic (exact) mass is 262 g/mol. The molecule has 5 heteroatoms. The van der Waals surface area contributed by atoms with Crippen molar-refractivity contribution in [1.29, 1.82) is 0 Å². The number of urea groups is 1. The van der Waals surface area contributed by atoms with Crippen LogP contribution >= 0.6 is 0 Å². The number of anilines is 1. The van der Waals surface area contributed by atoms with Crippen molar-refractivity contribution in [1.82, 2.24) is 5.32 Å². The Morgan fingerprint density at radius 3 is 2.47 bits per heavy atom. The van der Waals surface area contributed by atoms with Gasteiger partial charge >= 0.3 is 12.0 Å². The first-order valence-electron chi connectivity index (χ1n) is 6.15. The van der Waals surface area contributed by atoms with Gasteiger partial charge in [0, 0.05) is 18.3 Å². The van der Waals surface area contributed by atoms with Gasteiger partial charge in [0.2, 0.25) is 0 Å². The van der Waals surface area contributed by atoms with Crippen LogP contribution in [-0.2, 0) is 9.53 Å². The van der Waals surface area contributed by atoms with Crippen LogP contribution in [0.2, 0.25) is 0 Å². The Kier molecular flexibility index (Phi) is 6.15. The Balaban J connectivity index is 2.56. The van der Waals surface area contributed by atoms with Crippen LogP contribution in [0.1, 0.15) is 19.4 Å². The van der Waals surface area contributed by atoms with Crippen molar-refractivity contribution in [3.8, 4) is 0 Å². The fourth-order valence-electron chi connectivity index (χ4n) is 1.37. The zero-order valence-electron chi connectivity index (χ0n) is 11.1. The van der Waals surface area contributed by atoms with Crippen molar-refractivity contribution >= 4 is 23.8 Å². The maximum Gasteiger partial charge on any atom is 0.330 e. The van der Waals surface area contributed by atoms with Crippen LogP contribution in [0.5, 0.6) is 0 Å². The van der Waals surface area contributed by atoms with Crippen LogP contribution in [-0.4, -0.2) is 25.2 Å². The molecule has 1 aromatic carbocycles. The lowest BCUT2D eigenvalue weighted by atomic mass is 10.2. The summed E-state index contributed by atoms with van der Waals surface area (Å²) in [6.07, 6.45) is 3.03. The van der Waals surface area contributed by atoms with Crippen LogP contribution in [0, 0.1) is 0 Å². The lowest BCUT2D eigenvalue weighted by Gasteiger charge is -2.05. The maximum atomic E-state index is 11.3. The van der Waals surface area contributed by atoms with E-state index in [1.54, 1.807) is 37.3 Å². The van der Waals surface area contributed by atoms with Gasteiger partial charge in [-0.1, -0.05) is 12.1 Å². The van der Waals surface area contributed by atoms with Gasteiger partial charge in [0.15, 0.2) is 0 Å². The fourth-order valence-corrected chi connectivity index (χ4v) is 1.37. The molecule has 0 heterocycles. The highest BCUT2D eigenvalue weighted by Crippen LogP contribution is 2.10.